The molecular formula is C17H18N2O2S2. The van der Waals surface area contributed by atoms with E-state index in [2.05, 4.69) is 17.6 Å². The summed E-state index contributed by atoms with van der Waals surface area (Å²) in [6.07, 6.45) is 4.18. The molecule has 120 valence electrons. The second-order valence-corrected chi connectivity index (χ2v) is 6.05. The van der Waals surface area contributed by atoms with Crippen molar-refractivity contribution in [2.45, 2.75) is 13.3 Å². The minimum atomic E-state index is -0.265. The highest BCUT2D eigenvalue weighted by atomic mass is 32.1. The van der Waals surface area contributed by atoms with Gasteiger partial charge in [0.2, 0.25) is 5.91 Å². The van der Waals surface area contributed by atoms with Crippen molar-refractivity contribution in [3.63, 3.8) is 0 Å². The van der Waals surface area contributed by atoms with Gasteiger partial charge >= 0.3 is 0 Å². The molecule has 23 heavy (non-hydrogen) atoms. The highest BCUT2D eigenvalue weighted by Gasteiger charge is 2.02. The molecule has 0 aliphatic rings. The van der Waals surface area contributed by atoms with Crippen LogP contribution in [0.3, 0.4) is 0 Å². The Kier molecular flexibility index (Phi) is 6.77. The van der Waals surface area contributed by atoms with Crippen LogP contribution in [0.2, 0.25) is 0 Å². The van der Waals surface area contributed by atoms with Gasteiger partial charge in [0.15, 0.2) is 5.11 Å². The molecule has 0 atom stereocenters. The number of carbonyl (C=O) groups is 1. The van der Waals surface area contributed by atoms with E-state index in [-0.39, 0.29) is 11.0 Å². The molecule has 0 unspecified atom stereocenters. The molecule has 2 aromatic rings. The van der Waals surface area contributed by atoms with Crippen LogP contribution >= 0.6 is 23.6 Å². The van der Waals surface area contributed by atoms with Gasteiger partial charge in [-0.3, -0.25) is 10.1 Å². The Labute approximate surface area is 145 Å². The predicted molar refractivity (Wildman–Crippen MR) is 99.9 cm³/mol. The number of hydrogen-bond acceptors (Lipinski definition) is 4. The molecule has 6 heteroatoms. The zero-order valence-corrected chi connectivity index (χ0v) is 14.4. The van der Waals surface area contributed by atoms with E-state index in [4.69, 9.17) is 17.0 Å². The van der Waals surface area contributed by atoms with Crippen LogP contribution in [0.4, 0.5) is 5.69 Å². The van der Waals surface area contributed by atoms with Crippen molar-refractivity contribution < 1.29 is 9.53 Å². The molecule has 0 radical (unpaired) electrons. The van der Waals surface area contributed by atoms with Crippen LogP contribution < -0.4 is 15.4 Å². The van der Waals surface area contributed by atoms with Crippen LogP contribution in [-0.4, -0.2) is 17.6 Å². The Balaban J connectivity index is 1.80. The average Bonchev–Trinajstić information content (AvgIpc) is 3.05. The smallest absolute Gasteiger partial charge is 0.250 e. The summed E-state index contributed by atoms with van der Waals surface area (Å²) in [5.41, 5.74) is 0.793. The SMILES string of the molecule is CCCOc1ccc(NC(=S)NC(=O)/C=C/c2cccs2)cc1. The topological polar surface area (TPSA) is 50.4 Å². The quantitative estimate of drug-likeness (QED) is 0.612. The molecule has 0 bridgehead atoms. The molecule has 1 amide bonds. The third-order valence-electron chi connectivity index (χ3n) is 2.76. The summed E-state index contributed by atoms with van der Waals surface area (Å²) in [6, 6.07) is 11.3. The second kappa shape index (κ2) is 9.07. The van der Waals surface area contributed by atoms with E-state index >= 15 is 0 Å². The van der Waals surface area contributed by atoms with E-state index in [0.29, 0.717) is 6.61 Å². The molecule has 0 aliphatic carbocycles. The van der Waals surface area contributed by atoms with Crippen LogP contribution in [-0.2, 0) is 4.79 Å². The van der Waals surface area contributed by atoms with Gasteiger partial charge in [-0.15, -0.1) is 11.3 Å². The zero-order valence-electron chi connectivity index (χ0n) is 12.7. The minimum absolute atomic E-state index is 0.257. The number of nitrogens with one attached hydrogen (secondary N) is 2. The lowest BCUT2D eigenvalue weighted by molar-refractivity contribution is -0.115. The number of ether oxygens (including phenoxy) is 1. The second-order valence-electron chi connectivity index (χ2n) is 4.66. The van der Waals surface area contributed by atoms with Gasteiger partial charge in [-0.1, -0.05) is 13.0 Å². The van der Waals surface area contributed by atoms with Crippen LogP contribution in [0.5, 0.6) is 5.75 Å². The number of rotatable bonds is 6. The van der Waals surface area contributed by atoms with Crippen LogP contribution in [0, 0.1) is 0 Å². The molecule has 4 nitrogen and oxygen atoms in total. The molecule has 0 saturated carbocycles. The molecule has 2 N–H and O–H groups in total. The van der Waals surface area contributed by atoms with E-state index in [9.17, 15) is 4.79 Å². The zero-order chi connectivity index (χ0) is 16.5. The van der Waals surface area contributed by atoms with Crippen LogP contribution in [0.15, 0.2) is 47.9 Å². The fourth-order valence-corrected chi connectivity index (χ4v) is 2.55. The first kappa shape index (κ1) is 17.2. The summed E-state index contributed by atoms with van der Waals surface area (Å²) in [7, 11) is 0. The molecule has 0 aliphatic heterocycles. The largest absolute Gasteiger partial charge is 0.494 e. The summed E-state index contributed by atoms with van der Waals surface area (Å²) in [5.74, 6) is 0.546. The van der Waals surface area contributed by atoms with Gasteiger partial charge in [-0.2, -0.15) is 0 Å². The van der Waals surface area contributed by atoms with Crippen LogP contribution in [0.25, 0.3) is 6.08 Å². The van der Waals surface area contributed by atoms with E-state index in [0.717, 1.165) is 22.7 Å². The van der Waals surface area contributed by atoms with Gasteiger partial charge in [0, 0.05) is 16.6 Å². The Hall–Kier alpha value is -2.18. The van der Waals surface area contributed by atoms with E-state index < -0.39 is 0 Å². The number of amides is 1. The van der Waals surface area contributed by atoms with Crippen LogP contribution in [0.1, 0.15) is 18.2 Å². The van der Waals surface area contributed by atoms with Crippen molar-refractivity contribution >= 4 is 46.3 Å². The molecule has 0 spiro atoms. The Morgan fingerprint density at radius 3 is 2.74 bits per heavy atom. The van der Waals surface area contributed by atoms with Crippen molar-refractivity contribution in [3.05, 3.63) is 52.7 Å². The summed E-state index contributed by atoms with van der Waals surface area (Å²) >= 11 is 6.69. The molecule has 1 heterocycles. The third kappa shape index (κ3) is 6.22. The maximum Gasteiger partial charge on any atom is 0.250 e. The van der Waals surface area contributed by atoms with Crippen molar-refractivity contribution in [1.82, 2.24) is 5.32 Å². The fourth-order valence-electron chi connectivity index (χ4n) is 1.71. The Bertz CT molecular complexity index is 664. The van der Waals surface area contributed by atoms with Gasteiger partial charge in [-0.25, -0.2) is 0 Å². The maximum atomic E-state index is 11.8. The van der Waals surface area contributed by atoms with Gasteiger partial charge in [0.1, 0.15) is 5.75 Å². The van der Waals surface area contributed by atoms with Gasteiger partial charge in [0.25, 0.3) is 0 Å². The lowest BCUT2D eigenvalue weighted by Crippen LogP contribution is -2.32. The van der Waals surface area contributed by atoms with E-state index in [1.807, 2.05) is 41.8 Å². The summed E-state index contributed by atoms with van der Waals surface area (Å²) in [4.78, 5) is 12.8. The number of hydrogen-bond donors (Lipinski definition) is 2. The molecule has 0 saturated heterocycles. The van der Waals surface area contributed by atoms with Crippen molar-refractivity contribution in [3.8, 4) is 5.75 Å². The number of carbonyl (C=O) groups excluding carboxylic acids is 1. The predicted octanol–water partition coefficient (Wildman–Crippen LogP) is 4.06. The van der Waals surface area contributed by atoms with Crippen molar-refractivity contribution in [2.24, 2.45) is 0 Å². The lowest BCUT2D eigenvalue weighted by atomic mass is 10.3. The summed E-state index contributed by atoms with van der Waals surface area (Å²) in [5, 5.41) is 7.78. The summed E-state index contributed by atoms with van der Waals surface area (Å²) < 4.78 is 5.51. The van der Waals surface area contributed by atoms with E-state index in [1.165, 1.54) is 6.08 Å². The Morgan fingerprint density at radius 1 is 1.30 bits per heavy atom. The normalized spacial score (nSPS) is 10.5. The molecule has 1 aromatic carbocycles. The highest BCUT2D eigenvalue weighted by Crippen LogP contribution is 2.15. The standard InChI is InChI=1S/C17H18N2O2S2/c1-2-11-21-14-7-5-13(6-8-14)18-17(22)19-16(20)10-9-15-4-3-12-23-15/h3-10,12H,2,11H2,1H3,(H2,18,19,20,22)/b10-9+. The molecule has 2 rings (SSSR count). The number of thiophene rings is 1. The van der Waals surface area contributed by atoms with Crippen molar-refractivity contribution in [2.75, 3.05) is 11.9 Å². The maximum absolute atomic E-state index is 11.8. The number of anilines is 1. The van der Waals surface area contributed by atoms with Gasteiger partial charge in [-0.05, 0) is 60.4 Å². The van der Waals surface area contributed by atoms with Crippen molar-refractivity contribution in [1.29, 1.82) is 0 Å². The first-order valence-corrected chi connectivity index (χ1v) is 8.52. The third-order valence-corrected chi connectivity index (χ3v) is 3.81. The van der Waals surface area contributed by atoms with Gasteiger partial charge in [0.05, 0.1) is 6.61 Å². The minimum Gasteiger partial charge on any atom is -0.494 e. The summed E-state index contributed by atoms with van der Waals surface area (Å²) in [6.45, 7) is 2.75. The molecule has 1 aromatic heterocycles. The molecule has 0 fully saturated rings. The lowest BCUT2D eigenvalue weighted by Gasteiger charge is -2.09. The average molecular weight is 346 g/mol. The first-order chi connectivity index (χ1) is 11.2. The van der Waals surface area contributed by atoms with Gasteiger partial charge < -0.3 is 10.1 Å². The monoisotopic (exact) mass is 346 g/mol. The first-order valence-electron chi connectivity index (χ1n) is 7.24. The fraction of sp³-hybridized carbons (Fsp3) is 0.176. The number of thiocarbonyl (C=S) groups is 1. The highest BCUT2D eigenvalue weighted by molar-refractivity contribution is 7.80. The number of benzene rings is 1. The van der Waals surface area contributed by atoms with E-state index in [1.54, 1.807) is 17.4 Å². The Morgan fingerprint density at radius 2 is 2.09 bits per heavy atom. The molecular weight excluding hydrogens is 328 g/mol.